The molecule has 0 spiro atoms. The van der Waals surface area contributed by atoms with Gasteiger partial charge in [-0.05, 0) is 12.8 Å². The first-order chi connectivity index (χ1) is 8.13. The van der Waals surface area contributed by atoms with Crippen LogP contribution >= 0.6 is 0 Å². The summed E-state index contributed by atoms with van der Waals surface area (Å²) in [6, 6.07) is 1.20. The van der Waals surface area contributed by atoms with Crippen LogP contribution in [0.4, 0.5) is 0 Å². The molecule has 1 atom stereocenters. The molecule has 0 saturated heterocycles. The fourth-order valence-electron chi connectivity index (χ4n) is 2.17. The van der Waals surface area contributed by atoms with Gasteiger partial charge in [-0.25, -0.2) is 4.98 Å². The van der Waals surface area contributed by atoms with Crippen LogP contribution in [0.2, 0.25) is 0 Å². The van der Waals surface area contributed by atoms with E-state index in [1.807, 2.05) is 12.4 Å². The number of unbranched alkanes of at least 4 members (excludes halogenated alkanes) is 1. The molecule has 1 rings (SSSR count). The number of nitrogens with one attached hydrogen (secondary N) is 1. The highest BCUT2D eigenvalue weighted by atomic mass is 15.0. The minimum atomic E-state index is 0.568. The van der Waals surface area contributed by atoms with Gasteiger partial charge in [-0.1, -0.05) is 33.6 Å². The zero-order valence-corrected chi connectivity index (χ0v) is 11.7. The maximum atomic E-state index is 4.38. The molecule has 0 saturated carbocycles. The van der Waals surface area contributed by atoms with E-state index in [9.17, 15) is 0 Å². The van der Waals surface area contributed by atoms with Crippen LogP contribution in [-0.2, 0) is 13.5 Å². The lowest BCUT2D eigenvalue weighted by molar-refractivity contribution is 0.402. The van der Waals surface area contributed by atoms with Crippen LogP contribution < -0.4 is 5.32 Å². The van der Waals surface area contributed by atoms with Crippen LogP contribution in [0.5, 0.6) is 0 Å². The Kier molecular flexibility index (Phi) is 6.27. The van der Waals surface area contributed by atoms with E-state index in [2.05, 4.69) is 42.7 Å². The zero-order chi connectivity index (χ0) is 12.7. The van der Waals surface area contributed by atoms with E-state index in [-0.39, 0.29) is 0 Å². The van der Waals surface area contributed by atoms with Crippen molar-refractivity contribution in [1.29, 1.82) is 0 Å². The first-order valence-corrected chi connectivity index (χ1v) is 6.85. The van der Waals surface area contributed by atoms with Gasteiger partial charge in [0.25, 0.3) is 0 Å². The number of aryl methyl sites for hydroxylation is 2. The average molecular weight is 237 g/mol. The Labute approximate surface area is 106 Å². The van der Waals surface area contributed by atoms with E-state index in [0.29, 0.717) is 12.1 Å². The normalized spacial score (nSPS) is 13.2. The molecule has 3 nitrogen and oxygen atoms in total. The van der Waals surface area contributed by atoms with Crippen molar-refractivity contribution in [1.82, 2.24) is 14.9 Å². The van der Waals surface area contributed by atoms with Gasteiger partial charge in [0, 0.05) is 37.9 Å². The Hall–Kier alpha value is -0.830. The van der Waals surface area contributed by atoms with Crippen molar-refractivity contribution in [2.24, 2.45) is 7.05 Å². The van der Waals surface area contributed by atoms with Gasteiger partial charge < -0.3 is 9.88 Å². The van der Waals surface area contributed by atoms with Crippen molar-refractivity contribution >= 4 is 0 Å². The second-order valence-corrected chi connectivity index (χ2v) is 5.15. The van der Waals surface area contributed by atoms with Gasteiger partial charge in [-0.15, -0.1) is 0 Å². The fourth-order valence-corrected chi connectivity index (χ4v) is 2.17. The van der Waals surface area contributed by atoms with E-state index in [0.717, 1.165) is 6.42 Å². The second kappa shape index (κ2) is 7.49. The molecule has 98 valence electrons. The highest BCUT2D eigenvalue weighted by molar-refractivity contribution is 4.92. The smallest absolute Gasteiger partial charge is 0.108 e. The number of hydrogen-bond donors (Lipinski definition) is 1. The number of imidazole rings is 1. The summed E-state index contributed by atoms with van der Waals surface area (Å²) in [4.78, 5) is 4.38. The Bertz CT molecular complexity index is 304. The van der Waals surface area contributed by atoms with Crippen molar-refractivity contribution < 1.29 is 0 Å². The SMILES string of the molecule is CCCCC(CCc1nccn1C)NC(C)C. The third-order valence-corrected chi connectivity index (χ3v) is 3.11. The van der Waals surface area contributed by atoms with Crippen molar-refractivity contribution in [3.8, 4) is 0 Å². The first kappa shape index (κ1) is 14.2. The largest absolute Gasteiger partial charge is 0.338 e. The third-order valence-electron chi connectivity index (χ3n) is 3.11. The minimum absolute atomic E-state index is 0.568. The van der Waals surface area contributed by atoms with Gasteiger partial charge in [0.05, 0.1) is 0 Å². The molecular formula is C14H27N3. The number of hydrogen-bond acceptors (Lipinski definition) is 2. The molecule has 17 heavy (non-hydrogen) atoms. The lowest BCUT2D eigenvalue weighted by Gasteiger charge is -2.21. The summed E-state index contributed by atoms with van der Waals surface area (Å²) < 4.78 is 2.12. The molecule has 0 fully saturated rings. The van der Waals surface area contributed by atoms with Gasteiger partial charge in [0.2, 0.25) is 0 Å². The molecule has 0 aromatic carbocycles. The highest BCUT2D eigenvalue weighted by Crippen LogP contribution is 2.09. The topological polar surface area (TPSA) is 29.9 Å². The molecule has 0 aliphatic heterocycles. The van der Waals surface area contributed by atoms with E-state index in [1.54, 1.807) is 0 Å². The maximum Gasteiger partial charge on any atom is 0.108 e. The summed E-state index contributed by atoms with van der Waals surface area (Å²) in [5.74, 6) is 1.19. The molecule has 1 unspecified atom stereocenters. The lowest BCUT2D eigenvalue weighted by atomic mass is 10.0. The number of aromatic nitrogens is 2. The van der Waals surface area contributed by atoms with Crippen molar-refractivity contribution in [3.05, 3.63) is 18.2 Å². The summed E-state index contributed by atoms with van der Waals surface area (Å²) in [6.07, 6.45) is 10.0. The first-order valence-electron chi connectivity index (χ1n) is 6.85. The van der Waals surface area contributed by atoms with Crippen LogP contribution in [-0.4, -0.2) is 21.6 Å². The van der Waals surface area contributed by atoms with E-state index >= 15 is 0 Å². The Balaban J connectivity index is 2.40. The van der Waals surface area contributed by atoms with Crippen molar-refractivity contribution in [3.63, 3.8) is 0 Å². The van der Waals surface area contributed by atoms with Gasteiger partial charge in [0.15, 0.2) is 0 Å². The number of nitrogens with zero attached hydrogens (tertiary/aromatic N) is 2. The molecule has 1 N–H and O–H groups in total. The maximum absolute atomic E-state index is 4.38. The molecular weight excluding hydrogens is 210 g/mol. The predicted octanol–water partition coefficient (Wildman–Crippen LogP) is 2.91. The predicted molar refractivity (Wildman–Crippen MR) is 73.1 cm³/mol. The summed E-state index contributed by atoms with van der Waals surface area (Å²) in [5.41, 5.74) is 0. The van der Waals surface area contributed by atoms with Crippen molar-refractivity contribution in [2.45, 2.75) is 65.0 Å². The molecule has 1 aromatic heterocycles. The van der Waals surface area contributed by atoms with E-state index < -0.39 is 0 Å². The van der Waals surface area contributed by atoms with Crippen LogP contribution in [0.25, 0.3) is 0 Å². The molecule has 0 amide bonds. The van der Waals surface area contributed by atoms with Crippen LogP contribution in [0.15, 0.2) is 12.4 Å². The molecule has 0 radical (unpaired) electrons. The van der Waals surface area contributed by atoms with Crippen LogP contribution in [0.1, 0.15) is 52.3 Å². The standard InChI is InChI=1S/C14H27N3/c1-5-6-7-13(16-12(2)3)8-9-14-15-10-11-17(14)4/h10-13,16H,5-9H2,1-4H3. The van der Waals surface area contributed by atoms with E-state index in [1.165, 1.54) is 31.5 Å². The molecule has 0 aliphatic rings. The zero-order valence-electron chi connectivity index (χ0n) is 11.7. The fraction of sp³-hybridized carbons (Fsp3) is 0.786. The van der Waals surface area contributed by atoms with Crippen LogP contribution in [0, 0.1) is 0 Å². The average Bonchev–Trinajstić information content (AvgIpc) is 2.67. The van der Waals surface area contributed by atoms with Gasteiger partial charge >= 0.3 is 0 Å². The molecule has 3 heteroatoms. The Morgan fingerprint density at radius 3 is 2.65 bits per heavy atom. The van der Waals surface area contributed by atoms with Gasteiger partial charge in [-0.3, -0.25) is 0 Å². The molecule has 0 aliphatic carbocycles. The molecule has 1 aromatic rings. The number of rotatable bonds is 8. The monoisotopic (exact) mass is 237 g/mol. The summed E-state index contributed by atoms with van der Waals surface area (Å²) in [5, 5.41) is 3.66. The summed E-state index contributed by atoms with van der Waals surface area (Å²) in [7, 11) is 2.07. The van der Waals surface area contributed by atoms with Gasteiger partial charge in [-0.2, -0.15) is 0 Å². The molecule has 0 bridgehead atoms. The Morgan fingerprint density at radius 2 is 2.12 bits per heavy atom. The lowest BCUT2D eigenvalue weighted by Crippen LogP contribution is -2.35. The van der Waals surface area contributed by atoms with E-state index in [4.69, 9.17) is 0 Å². The minimum Gasteiger partial charge on any atom is -0.338 e. The second-order valence-electron chi connectivity index (χ2n) is 5.15. The summed E-state index contributed by atoms with van der Waals surface area (Å²) >= 11 is 0. The Morgan fingerprint density at radius 1 is 1.35 bits per heavy atom. The van der Waals surface area contributed by atoms with Gasteiger partial charge in [0.1, 0.15) is 5.82 Å². The van der Waals surface area contributed by atoms with Crippen LogP contribution in [0.3, 0.4) is 0 Å². The van der Waals surface area contributed by atoms with Crippen molar-refractivity contribution in [2.75, 3.05) is 0 Å². The highest BCUT2D eigenvalue weighted by Gasteiger charge is 2.10. The molecule has 1 heterocycles. The summed E-state index contributed by atoms with van der Waals surface area (Å²) in [6.45, 7) is 6.70. The quantitative estimate of drug-likeness (QED) is 0.753. The third kappa shape index (κ3) is 5.35.